The smallest absolute Gasteiger partial charge is 0.0103 e. The van der Waals surface area contributed by atoms with Crippen LogP contribution in [0.4, 0.5) is 0 Å². The van der Waals surface area contributed by atoms with Crippen LogP contribution in [0.25, 0.3) is 16.3 Å². The fourth-order valence-corrected chi connectivity index (χ4v) is 2.78. The Balaban J connectivity index is 2.45. The van der Waals surface area contributed by atoms with E-state index in [0.717, 1.165) is 0 Å². The van der Waals surface area contributed by atoms with Crippen molar-refractivity contribution in [3.05, 3.63) is 53.1 Å². The molecule has 0 aliphatic heterocycles. The molecule has 0 atom stereocenters. The summed E-state index contributed by atoms with van der Waals surface area (Å²) in [5, 5.41) is 2.82. The molecule has 0 unspecified atom stereocenters. The lowest BCUT2D eigenvalue weighted by molar-refractivity contribution is 0.979. The molecule has 0 amide bonds. The van der Waals surface area contributed by atoms with Crippen LogP contribution in [0.5, 0.6) is 0 Å². The van der Waals surface area contributed by atoms with Crippen molar-refractivity contribution in [1.29, 1.82) is 0 Å². The van der Waals surface area contributed by atoms with E-state index in [-0.39, 0.29) is 0 Å². The molecule has 0 spiro atoms. The zero-order valence-corrected chi connectivity index (χ0v) is 9.88. The fourth-order valence-electron chi connectivity index (χ4n) is 2.78. The molecule has 3 rings (SSSR count). The first-order valence-electron chi connectivity index (χ1n) is 5.96. The summed E-state index contributed by atoms with van der Waals surface area (Å²) in [6, 6.07) is 11.2. The van der Waals surface area contributed by atoms with Crippen LogP contribution < -0.4 is 0 Å². The van der Waals surface area contributed by atoms with E-state index in [1.165, 1.54) is 45.9 Å². The van der Waals surface area contributed by atoms with Crippen molar-refractivity contribution in [2.75, 3.05) is 0 Å². The average Bonchev–Trinajstić information content (AvgIpc) is 2.29. The molecule has 1 aliphatic rings. The second-order valence-corrected chi connectivity index (χ2v) is 4.70. The van der Waals surface area contributed by atoms with Gasteiger partial charge in [-0.1, -0.05) is 36.4 Å². The fraction of sp³-hybridized carbons (Fsp3) is 0.250. The Morgan fingerprint density at radius 1 is 0.938 bits per heavy atom. The van der Waals surface area contributed by atoms with Crippen molar-refractivity contribution in [3.8, 4) is 0 Å². The quantitative estimate of drug-likeness (QED) is 0.598. The van der Waals surface area contributed by atoms with Crippen molar-refractivity contribution in [2.45, 2.75) is 26.7 Å². The molecular formula is C16H16. The topological polar surface area (TPSA) is 0 Å². The summed E-state index contributed by atoms with van der Waals surface area (Å²) >= 11 is 0. The Hall–Kier alpha value is -1.56. The maximum Gasteiger partial charge on any atom is -0.0103 e. The van der Waals surface area contributed by atoms with Crippen LogP contribution in [0.3, 0.4) is 0 Å². The van der Waals surface area contributed by atoms with Crippen LogP contribution in [0.15, 0.2) is 36.4 Å². The predicted octanol–water partition coefficient (Wildman–Crippen LogP) is 4.50. The van der Waals surface area contributed by atoms with Crippen LogP contribution in [0, 0.1) is 6.92 Å². The van der Waals surface area contributed by atoms with Crippen LogP contribution in [-0.4, -0.2) is 0 Å². The van der Waals surface area contributed by atoms with Gasteiger partial charge < -0.3 is 0 Å². The van der Waals surface area contributed by atoms with Crippen LogP contribution in [-0.2, 0) is 6.42 Å². The van der Waals surface area contributed by atoms with Crippen LogP contribution >= 0.6 is 0 Å². The van der Waals surface area contributed by atoms with Gasteiger partial charge in [0, 0.05) is 0 Å². The lowest BCUT2D eigenvalue weighted by Gasteiger charge is -2.18. The number of allylic oxidation sites excluding steroid dienone is 2. The van der Waals surface area contributed by atoms with Gasteiger partial charge in [-0.05, 0) is 59.7 Å². The highest BCUT2D eigenvalue weighted by atomic mass is 14.2. The lowest BCUT2D eigenvalue weighted by atomic mass is 9.87. The molecule has 0 heteroatoms. The van der Waals surface area contributed by atoms with Crippen LogP contribution in [0.1, 0.15) is 30.0 Å². The highest BCUT2D eigenvalue weighted by molar-refractivity contribution is 5.97. The molecule has 0 radical (unpaired) electrons. The molecule has 16 heavy (non-hydrogen) atoms. The van der Waals surface area contributed by atoms with Crippen molar-refractivity contribution in [3.63, 3.8) is 0 Å². The second kappa shape index (κ2) is 3.48. The number of hydrogen-bond donors (Lipinski definition) is 0. The maximum atomic E-state index is 2.37. The highest BCUT2D eigenvalue weighted by Gasteiger charge is 2.12. The minimum atomic E-state index is 1.19. The first kappa shape index (κ1) is 9.65. The van der Waals surface area contributed by atoms with E-state index in [4.69, 9.17) is 0 Å². The molecule has 0 nitrogen and oxygen atoms in total. The molecule has 2 aromatic carbocycles. The zero-order chi connectivity index (χ0) is 11.1. The predicted molar refractivity (Wildman–Crippen MR) is 70.7 cm³/mol. The van der Waals surface area contributed by atoms with Gasteiger partial charge in [0.15, 0.2) is 0 Å². The average molecular weight is 208 g/mol. The monoisotopic (exact) mass is 208 g/mol. The first-order valence-corrected chi connectivity index (χ1v) is 5.96. The summed E-state index contributed by atoms with van der Waals surface area (Å²) in [6.45, 7) is 4.43. The van der Waals surface area contributed by atoms with Gasteiger partial charge in [-0.3, -0.25) is 0 Å². The third-order valence-corrected chi connectivity index (χ3v) is 3.62. The number of rotatable bonds is 0. The maximum absolute atomic E-state index is 2.37. The first-order chi connectivity index (χ1) is 7.77. The summed E-state index contributed by atoms with van der Waals surface area (Å²) < 4.78 is 0. The second-order valence-electron chi connectivity index (χ2n) is 4.70. The molecule has 80 valence electrons. The highest BCUT2D eigenvalue weighted by Crippen LogP contribution is 2.33. The van der Waals surface area contributed by atoms with E-state index in [0.29, 0.717) is 0 Å². The summed E-state index contributed by atoms with van der Waals surface area (Å²) in [5.74, 6) is 0. The molecule has 0 saturated carbocycles. The van der Waals surface area contributed by atoms with E-state index in [1.54, 1.807) is 0 Å². The largest absolute Gasteiger partial charge is 0.0806 e. The van der Waals surface area contributed by atoms with Crippen molar-refractivity contribution >= 4 is 16.3 Å². The van der Waals surface area contributed by atoms with Crippen molar-refractivity contribution in [2.24, 2.45) is 0 Å². The Bertz CT molecular complexity index is 588. The van der Waals surface area contributed by atoms with Gasteiger partial charge in [0.25, 0.3) is 0 Å². The molecule has 0 heterocycles. The summed E-state index contributed by atoms with van der Waals surface area (Å²) in [7, 11) is 0. The lowest BCUT2D eigenvalue weighted by Crippen LogP contribution is -1.99. The van der Waals surface area contributed by atoms with Crippen molar-refractivity contribution in [1.82, 2.24) is 0 Å². The molecule has 2 aromatic rings. The van der Waals surface area contributed by atoms with Gasteiger partial charge in [0.2, 0.25) is 0 Å². The van der Waals surface area contributed by atoms with Gasteiger partial charge in [0.1, 0.15) is 0 Å². The Labute approximate surface area is 96.6 Å². The normalized spacial score (nSPS) is 14.8. The van der Waals surface area contributed by atoms with Gasteiger partial charge in [-0.2, -0.15) is 0 Å². The Kier molecular flexibility index (Phi) is 2.10. The van der Waals surface area contributed by atoms with Gasteiger partial charge >= 0.3 is 0 Å². The Morgan fingerprint density at radius 3 is 2.69 bits per heavy atom. The summed E-state index contributed by atoms with van der Waals surface area (Å²) in [6.07, 6.45) is 4.75. The minimum Gasteiger partial charge on any atom is -0.0806 e. The third-order valence-electron chi connectivity index (χ3n) is 3.62. The number of aryl methyl sites for hydroxylation is 2. The number of hydrogen-bond acceptors (Lipinski definition) is 0. The molecule has 1 aliphatic carbocycles. The number of benzene rings is 2. The number of fused-ring (bicyclic) bond motifs is 3. The molecule has 0 bridgehead atoms. The van der Waals surface area contributed by atoms with Crippen molar-refractivity contribution < 1.29 is 0 Å². The molecule has 0 fully saturated rings. The minimum absolute atomic E-state index is 1.19. The Morgan fingerprint density at radius 2 is 1.81 bits per heavy atom. The SMILES string of the molecule is CC1=CCCc2ccc3c(C)cccc3c21. The summed E-state index contributed by atoms with van der Waals surface area (Å²) in [5.41, 5.74) is 5.81. The van der Waals surface area contributed by atoms with Gasteiger partial charge in [-0.15, -0.1) is 0 Å². The van der Waals surface area contributed by atoms with E-state index in [9.17, 15) is 0 Å². The van der Waals surface area contributed by atoms with E-state index in [1.807, 2.05) is 0 Å². The molecule has 0 saturated heterocycles. The van der Waals surface area contributed by atoms with Gasteiger partial charge in [0.05, 0.1) is 0 Å². The molecular weight excluding hydrogens is 192 g/mol. The van der Waals surface area contributed by atoms with E-state index >= 15 is 0 Å². The standard InChI is InChI=1S/C16H16/c1-11-5-4-8-15-14(11)10-9-13-7-3-6-12(2)16(13)15/h4-6,8-10H,3,7H2,1-2H3. The van der Waals surface area contributed by atoms with E-state index in [2.05, 4.69) is 50.3 Å². The van der Waals surface area contributed by atoms with Gasteiger partial charge in [-0.25, -0.2) is 0 Å². The summed E-state index contributed by atoms with van der Waals surface area (Å²) in [4.78, 5) is 0. The zero-order valence-electron chi connectivity index (χ0n) is 9.88. The van der Waals surface area contributed by atoms with Crippen LogP contribution in [0.2, 0.25) is 0 Å². The molecule has 0 N–H and O–H groups in total. The third kappa shape index (κ3) is 1.30. The molecule has 0 aromatic heterocycles. The van der Waals surface area contributed by atoms with E-state index < -0.39 is 0 Å².